The number of aromatic nitrogens is 3. The number of carbonyl (C=O) groups is 1. The van der Waals surface area contributed by atoms with E-state index in [1.165, 1.54) is 22.0 Å². The van der Waals surface area contributed by atoms with E-state index in [1.807, 2.05) is 54.3 Å². The third-order valence-corrected chi connectivity index (χ3v) is 5.84. The second-order valence-electron chi connectivity index (χ2n) is 6.51. The van der Waals surface area contributed by atoms with Gasteiger partial charge in [0.2, 0.25) is 11.1 Å². The molecule has 2 heterocycles. The minimum absolute atomic E-state index is 0.0387. The molecule has 2 N–H and O–H groups in total. The molecule has 144 valence electrons. The summed E-state index contributed by atoms with van der Waals surface area (Å²) in [5.41, 5.74) is 2.94. The molecule has 1 aliphatic heterocycles. The largest absolute Gasteiger partial charge is 0.496 e. The standard InChI is InChI=1S/C20H21N5O2S/c1-13(19(26)24-12-11-14-7-3-5-9-16(14)24)28-20-23-22-18(25(20)21)15-8-4-6-10-17(15)27-2/h3-10,13H,11-12,21H2,1-2H3. The number of rotatable bonds is 5. The van der Waals surface area contributed by atoms with Crippen LogP contribution in [0.4, 0.5) is 5.69 Å². The van der Waals surface area contributed by atoms with E-state index in [-0.39, 0.29) is 11.2 Å². The Morgan fingerprint density at radius 1 is 1.18 bits per heavy atom. The summed E-state index contributed by atoms with van der Waals surface area (Å²) in [6.07, 6.45) is 0.879. The number of hydrogen-bond donors (Lipinski definition) is 1. The number of anilines is 1. The number of hydrogen-bond acceptors (Lipinski definition) is 6. The molecular weight excluding hydrogens is 374 g/mol. The molecule has 0 radical (unpaired) electrons. The first-order chi connectivity index (χ1) is 13.6. The Morgan fingerprint density at radius 3 is 2.75 bits per heavy atom. The van der Waals surface area contributed by atoms with Gasteiger partial charge in [-0.25, -0.2) is 4.68 Å². The van der Waals surface area contributed by atoms with Gasteiger partial charge in [-0.05, 0) is 37.1 Å². The highest BCUT2D eigenvalue weighted by molar-refractivity contribution is 8.00. The van der Waals surface area contributed by atoms with Crippen LogP contribution in [0.1, 0.15) is 12.5 Å². The van der Waals surface area contributed by atoms with Crippen molar-refractivity contribution in [1.82, 2.24) is 14.9 Å². The van der Waals surface area contributed by atoms with E-state index in [0.29, 0.717) is 23.3 Å². The summed E-state index contributed by atoms with van der Waals surface area (Å²) in [5.74, 6) is 7.42. The van der Waals surface area contributed by atoms with Crippen molar-refractivity contribution >= 4 is 23.4 Å². The van der Waals surface area contributed by atoms with E-state index in [2.05, 4.69) is 16.3 Å². The number of ether oxygens (including phenoxy) is 1. The molecule has 0 fully saturated rings. The van der Waals surface area contributed by atoms with E-state index in [1.54, 1.807) is 7.11 Å². The van der Waals surface area contributed by atoms with Crippen LogP contribution in [0.25, 0.3) is 11.4 Å². The van der Waals surface area contributed by atoms with Crippen molar-refractivity contribution in [3.63, 3.8) is 0 Å². The molecule has 1 atom stereocenters. The van der Waals surface area contributed by atoms with Gasteiger partial charge in [0.15, 0.2) is 5.82 Å². The number of carbonyl (C=O) groups excluding carboxylic acids is 1. The number of para-hydroxylation sites is 2. The minimum Gasteiger partial charge on any atom is -0.496 e. The van der Waals surface area contributed by atoms with E-state index in [9.17, 15) is 4.79 Å². The molecule has 1 unspecified atom stereocenters. The number of benzene rings is 2. The van der Waals surface area contributed by atoms with Gasteiger partial charge in [0.05, 0.1) is 17.9 Å². The monoisotopic (exact) mass is 395 g/mol. The van der Waals surface area contributed by atoms with Crippen LogP contribution in [0.5, 0.6) is 5.75 Å². The molecule has 28 heavy (non-hydrogen) atoms. The van der Waals surface area contributed by atoms with Gasteiger partial charge in [-0.1, -0.05) is 42.1 Å². The van der Waals surface area contributed by atoms with Gasteiger partial charge in [-0.3, -0.25) is 4.79 Å². The molecule has 0 saturated heterocycles. The van der Waals surface area contributed by atoms with Crippen molar-refractivity contribution in [2.24, 2.45) is 0 Å². The molecule has 1 aliphatic rings. The van der Waals surface area contributed by atoms with Crippen LogP contribution in [0.3, 0.4) is 0 Å². The lowest BCUT2D eigenvalue weighted by Gasteiger charge is -2.21. The summed E-state index contributed by atoms with van der Waals surface area (Å²) in [6.45, 7) is 2.57. The molecule has 2 aromatic carbocycles. The van der Waals surface area contributed by atoms with Crippen molar-refractivity contribution in [1.29, 1.82) is 0 Å². The van der Waals surface area contributed by atoms with Crippen LogP contribution in [-0.4, -0.2) is 39.7 Å². The van der Waals surface area contributed by atoms with Crippen molar-refractivity contribution in [3.05, 3.63) is 54.1 Å². The Hall–Kier alpha value is -3.00. The fraction of sp³-hybridized carbons (Fsp3) is 0.250. The van der Waals surface area contributed by atoms with Gasteiger partial charge in [0.1, 0.15) is 5.75 Å². The van der Waals surface area contributed by atoms with E-state index in [4.69, 9.17) is 10.6 Å². The predicted molar refractivity (Wildman–Crippen MR) is 110 cm³/mol. The summed E-state index contributed by atoms with van der Waals surface area (Å²) in [6, 6.07) is 15.5. The first kappa shape index (κ1) is 18.4. The molecule has 4 rings (SSSR count). The molecule has 0 saturated carbocycles. The van der Waals surface area contributed by atoms with Crippen LogP contribution < -0.4 is 15.5 Å². The van der Waals surface area contributed by atoms with Crippen LogP contribution in [0.2, 0.25) is 0 Å². The van der Waals surface area contributed by atoms with Gasteiger partial charge in [-0.2, -0.15) is 0 Å². The smallest absolute Gasteiger partial charge is 0.240 e. The maximum Gasteiger partial charge on any atom is 0.240 e. The Bertz CT molecular complexity index is 1020. The minimum atomic E-state index is -0.344. The lowest BCUT2D eigenvalue weighted by atomic mass is 10.2. The van der Waals surface area contributed by atoms with Gasteiger partial charge in [-0.15, -0.1) is 10.2 Å². The number of methoxy groups -OCH3 is 1. The lowest BCUT2D eigenvalue weighted by molar-refractivity contribution is -0.117. The molecule has 0 aliphatic carbocycles. The Kier molecular flexibility index (Phi) is 4.95. The number of amides is 1. The predicted octanol–water partition coefficient (Wildman–Crippen LogP) is 2.74. The molecule has 1 amide bonds. The zero-order valence-electron chi connectivity index (χ0n) is 15.7. The highest BCUT2D eigenvalue weighted by Crippen LogP contribution is 2.33. The number of nitrogen functional groups attached to an aromatic ring is 1. The van der Waals surface area contributed by atoms with Crippen molar-refractivity contribution in [3.8, 4) is 17.1 Å². The highest BCUT2D eigenvalue weighted by atomic mass is 32.2. The average molecular weight is 395 g/mol. The normalized spacial score (nSPS) is 14.0. The quantitative estimate of drug-likeness (QED) is 0.528. The first-order valence-corrected chi connectivity index (χ1v) is 9.88. The highest BCUT2D eigenvalue weighted by Gasteiger charge is 2.29. The Balaban J connectivity index is 1.54. The molecular formula is C20H21N5O2S. The van der Waals surface area contributed by atoms with Gasteiger partial charge in [0, 0.05) is 12.2 Å². The number of nitrogens with zero attached hydrogens (tertiary/aromatic N) is 4. The maximum absolute atomic E-state index is 13.0. The van der Waals surface area contributed by atoms with Crippen molar-refractivity contribution < 1.29 is 9.53 Å². The summed E-state index contributed by atoms with van der Waals surface area (Å²) in [7, 11) is 1.60. The fourth-order valence-electron chi connectivity index (χ4n) is 3.37. The van der Waals surface area contributed by atoms with Crippen LogP contribution >= 0.6 is 11.8 Å². The van der Waals surface area contributed by atoms with E-state index >= 15 is 0 Å². The Labute approximate surface area is 167 Å². The topological polar surface area (TPSA) is 86.3 Å². The maximum atomic E-state index is 13.0. The number of thioether (sulfide) groups is 1. The molecule has 8 heteroatoms. The summed E-state index contributed by atoms with van der Waals surface area (Å²) in [4.78, 5) is 14.8. The zero-order chi connectivity index (χ0) is 19.7. The van der Waals surface area contributed by atoms with Crippen LogP contribution in [-0.2, 0) is 11.2 Å². The van der Waals surface area contributed by atoms with Gasteiger partial charge in [0.25, 0.3) is 0 Å². The molecule has 3 aromatic rings. The molecule has 0 bridgehead atoms. The summed E-state index contributed by atoms with van der Waals surface area (Å²) < 4.78 is 6.79. The van der Waals surface area contributed by atoms with Crippen molar-refractivity contribution in [2.45, 2.75) is 23.8 Å². The van der Waals surface area contributed by atoms with Gasteiger partial charge < -0.3 is 15.5 Å². The lowest BCUT2D eigenvalue weighted by Crippen LogP contribution is -2.35. The number of fused-ring (bicyclic) bond motifs is 1. The molecule has 1 aromatic heterocycles. The van der Waals surface area contributed by atoms with E-state index < -0.39 is 0 Å². The Morgan fingerprint density at radius 2 is 1.93 bits per heavy atom. The van der Waals surface area contributed by atoms with Crippen LogP contribution in [0.15, 0.2) is 53.7 Å². The summed E-state index contributed by atoms with van der Waals surface area (Å²) in [5, 5.41) is 8.52. The molecule has 0 spiro atoms. The van der Waals surface area contributed by atoms with E-state index in [0.717, 1.165) is 17.7 Å². The second kappa shape index (κ2) is 7.55. The van der Waals surface area contributed by atoms with Crippen molar-refractivity contribution in [2.75, 3.05) is 24.4 Å². The second-order valence-corrected chi connectivity index (χ2v) is 7.81. The third kappa shape index (κ3) is 3.20. The number of nitrogens with two attached hydrogens (primary N) is 1. The van der Waals surface area contributed by atoms with Gasteiger partial charge >= 0.3 is 0 Å². The van der Waals surface area contributed by atoms with Crippen LogP contribution in [0, 0.1) is 0 Å². The summed E-state index contributed by atoms with van der Waals surface area (Å²) >= 11 is 1.30. The fourth-order valence-corrected chi connectivity index (χ4v) is 4.20. The SMILES string of the molecule is COc1ccccc1-c1nnc(SC(C)C(=O)N2CCc3ccccc32)n1N. The average Bonchev–Trinajstić information content (AvgIpc) is 3.31. The first-order valence-electron chi connectivity index (χ1n) is 9.00. The third-order valence-electron chi connectivity index (χ3n) is 4.80. The molecule has 7 nitrogen and oxygen atoms in total. The zero-order valence-corrected chi connectivity index (χ0v) is 16.5.